The summed E-state index contributed by atoms with van der Waals surface area (Å²) >= 11 is 0. The largest absolute Gasteiger partial charge is 0.497 e. The molecule has 0 saturated carbocycles. The molecule has 0 aliphatic rings. The fraction of sp³-hybridized carbons (Fsp3) is 0.333. The van der Waals surface area contributed by atoms with Gasteiger partial charge in [0.25, 0.3) is 0 Å². The highest BCUT2D eigenvalue weighted by atomic mass is 16.5. The zero-order chi connectivity index (χ0) is 15.2. The van der Waals surface area contributed by atoms with Crippen LogP contribution in [0.3, 0.4) is 0 Å². The van der Waals surface area contributed by atoms with Crippen LogP contribution in [0.1, 0.15) is 37.1 Å². The lowest BCUT2D eigenvalue weighted by Crippen LogP contribution is -2.22. The van der Waals surface area contributed by atoms with Crippen LogP contribution < -0.4 is 14.8 Å². The molecule has 112 valence electrons. The van der Waals surface area contributed by atoms with Crippen LogP contribution in [-0.2, 0) is 0 Å². The summed E-state index contributed by atoms with van der Waals surface area (Å²) in [7, 11) is 3.38. The van der Waals surface area contributed by atoms with Gasteiger partial charge in [-0.3, -0.25) is 0 Å². The second-order valence-corrected chi connectivity index (χ2v) is 5.16. The molecule has 0 aliphatic carbocycles. The van der Waals surface area contributed by atoms with Crippen LogP contribution in [0.2, 0.25) is 0 Å². The molecular formula is C18H23NO2. The summed E-state index contributed by atoms with van der Waals surface area (Å²) in [5.74, 6) is 1.77. The third kappa shape index (κ3) is 3.99. The van der Waals surface area contributed by atoms with Gasteiger partial charge in [0.05, 0.1) is 14.2 Å². The first-order chi connectivity index (χ1) is 10.1. The summed E-state index contributed by atoms with van der Waals surface area (Å²) in [6, 6.07) is 16.8. The molecule has 0 heterocycles. The molecule has 0 saturated heterocycles. The van der Waals surface area contributed by atoms with Crippen LogP contribution in [0.15, 0.2) is 48.5 Å². The highest BCUT2D eigenvalue weighted by Gasteiger charge is 2.12. The van der Waals surface area contributed by atoms with E-state index in [4.69, 9.17) is 9.47 Å². The number of ether oxygens (including phenoxy) is 2. The van der Waals surface area contributed by atoms with Crippen molar-refractivity contribution in [3.63, 3.8) is 0 Å². The van der Waals surface area contributed by atoms with E-state index in [1.807, 2.05) is 24.3 Å². The molecule has 1 N–H and O–H groups in total. The highest BCUT2D eigenvalue weighted by Crippen LogP contribution is 2.24. The van der Waals surface area contributed by atoms with Crippen LogP contribution >= 0.6 is 0 Å². The third-order valence-electron chi connectivity index (χ3n) is 3.69. The molecular weight excluding hydrogens is 262 g/mol. The first kappa shape index (κ1) is 15.4. The number of methoxy groups -OCH3 is 2. The minimum absolute atomic E-state index is 0.237. The van der Waals surface area contributed by atoms with Crippen LogP contribution in [0, 0.1) is 0 Å². The monoisotopic (exact) mass is 285 g/mol. The molecule has 2 rings (SSSR count). The van der Waals surface area contributed by atoms with E-state index >= 15 is 0 Å². The van der Waals surface area contributed by atoms with Crippen molar-refractivity contribution in [1.82, 2.24) is 5.32 Å². The zero-order valence-corrected chi connectivity index (χ0v) is 13.1. The topological polar surface area (TPSA) is 30.5 Å². The van der Waals surface area contributed by atoms with Crippen LogP contribution in [0.25, 0.3) is 0 Å². The predicted octanol–water partition coefficient (Wildman–Crippen LogP) is 4.12. The van der Waals surface area contributed by atoms with Gasteiger partial charge in [-0.2, -0.15) is 0 Å². The summed E-state index contributed by atoms with van der Waals surface area (Å²) in [5, 5.41) is 3.60. The minimum atomic E-state index is 0.237. The summed E-state index contributed by atoms with van der Waals surface area (Å²) in [4.78, 5) is 0. The van der Waals surface area contributed by atoms with E-state index in [0.29, 0.717) is 0 Å². The number of benzene rings is 2. The van der Waals surface area contributed by atoms with Crippen molar-refractivity contribution >= 4 is 0 Å². The van der Waals surface area contributed by atoms with Gasteiger partial charge >= 0.3 is 0 Å². The molecule has 21 heavy (non-hydrogen) atoms. The second-order valence-electron chi connectivity index (χ2n) is 5.16. The fourth-order valence-corrected chi connectivity index (χ4v) is 2.39. The zero-order valence-electron chi connectivity index (χ0n) is 13.1. The Balaban J connectivity index is 2.08. The van der Waals surface area contributed by atoms with Crippen molar-refractivity contribution in [2.45, 2.75) is 25.9 Å². The normalized spacial score (nSPS) is 13.5. The van der Waals surface area contributed by atoms with E-state index in [0.717, 1.165) is 11.5 Å². The molecule has 2 aromatic carbocycles. The molecule has 0 fully saturated rings. The van der Waals surface area contributed by atoms with Crippen molar-refractivity contribution in [2.75, 3.05) is 14.2 Å². The van der Waals surface area contributed by atoms with Gasteiger partial charge in [0.15, 0.2) is 0 Å². The molecule has 0 radical (unpaired) electrons. The Kier molecular flexibility index (Phi) is 5.23. The molecule has 2 aromatic rings. The van der Waals surface area contributed by atoms with Gasteiger partial charge in [-0.15, -0.1) is 0 Å². The standard InChI is InChI=1S/C18H23NO2/c1-13(15-7-5-9-17(11-15)20-3)19-14(2)16-8-6-10-18(12-16)21-4/h5-14,19H,1-4H3/t13-,14?/m1/s1. The maximum Gasteiger partial charge on any atom is 0.119 e. The van der Waals surface area contributed by atoms with Crippen molar-refractivity contribution in [2.24, 2.45) is 0 Å². The average molecular weight is 285 g/mol. The van der Waals surface area contributed by atoms with E-state index in [1.165, 1.54) is 11.1 Å². The average Bonchev–Trinajstić information content (AvgIpc) is 2.54. The number of nitrogens with one attached hydrogen (secondary N) is 1. The van der Waals surface area contributed by atoms with Crippen molar-refractivity contribution in [3.05, 3.63) is 59.7 Å². The minimum Gasteiger partial charge on any atom is -0.497 e. The van der Waals surface area contributed by atoms with Gasteiger partial charge in [-0.25, -0.2) is 0 Å². The Morgan fingerprint density at radius 1 is 0.762 bits per heavy atom. The number of hydrogen-bond donors (Lipinski definition) is 1. The lowest BCUT2D eigenvalue weighted by atomic mass is 10.0. The first-order valence-corrected chi connectivity index (χ1v) is 7.18. The van der Waals surface area contributed by atoms with E-state index < -0.39 is 0 Å². The van der Waals surface area contributed by atoms with E-state index in [1.54, 1.807) is 14.2 Å². The molecule has 3 heteroatoms. The number of rotatable bonds is 6. The van der Waals surface area contributed by atoms with Gasteiger partial charge < -0.3 is 14.8 Å². The van der Waals surface area contributed by atoms with Crippen molar-refractivity contribution in [1.29, 1.82) is 0 Å². The van der Waals surface area contributed by atoms with Crippen molar-refractivity contribution < 1.29 is 9.47 Å². The van der Waals surface area contributed by atoms with E-state index in [9.17, 15) is 0 Å². The van der Waals surface area contributed by atoms with Crippen molar-refractivity contribution in [3.8, 4) is 11.5 Å². The SMILES string of the molecule is COc1cccc(C(C)N[C@H](C)c2cccc(OC)c2)c1. The summed E-state index contributed by atoms with van der Waals surface area (Å²) in [6.45, 7) is 4.32. The predicted molar refractivity (Wildman–Crippen MR) is 86.0 cm³/mol. The van der Waals surface area contributed by atoms with Gasteiger partial charge in [0.1, 0.15) is 11.5 Å². The van der Waals surface area contributed by atoms with Crippen LogP contribution in [-0.4, -0.2) is 14.2 Å². The Morgan fingerprint density at radius 2 is 1.19 bits per heavy atom. The maximum absolute atomic E-state index is 5.28. The van der Waals surface area contributed by atoms with E-state index in [-0.39, 0.29) is 12.1 Å². The first-order valence-electron chi connectivity index (χ1n) is 7.18. The quantitative estimate of drug-likeness (QED) is 0.866. The van der Waals surface area contributed by atoms with Gasteiger partial charge in [-0.1, -0.05) is 24.3 Å². The molecule has 0 spiro atoms. The summed E-state index contributed by atoms with van der Waals surface area (Å²) < 4.78 is 10.6. The summed E-state index contributed by atoms with van der Waals surface area (Å²) in [5.41, 5.74) is 2.42. The van der Waals surface area contributed by atoms with Gasteiger partial charge in [0, 0.05) is 12.1 Å². The van der Waals surface area contributed by atoms with Crippen LogP contribution in [0.5, 0.6) is 11.5 Å². The number of hydrogen-bond acceptors (Lipinski definition) is 3. The third-order valence-corrected chi connectivity index (χ3v) is 3.69. The Morgan fingerprint density at radius 3 is 1.57 bits per heavy atom. The van der Waals surface area contributed by atoms with Gasteiger partial charge in [-0.05, 0) is 49.2 Å². The molecule has 2 atom stereocenters. The lowest BCUT2D eigenvalue weighted by Gasteiger charge is -2.21. The van der Waals surface area contributed by atoms with Crippen LogP contribution in [0.4, 0.5) is 0 Å². The molecule has 0 aliphatic heterocycles. The second kappa shape index (κ2) is 7.14. The summed E-state index contributed by atoms with van der Waals surface area (Å²) in [6.07, 6.45) is 0. The Labute approximate surface area is 126 Å². The molecule has 0 amide bonds. The van der Waals surface area contributed by atoms with E-state index in [2.05, 4.69) is 43.4 Å². The molecule has 3 nitrogen and oxygen atoms in total. The maximum atomic E-state index is 5.28. The lowest BCUT2D eigenvalue weighted by molar-refractivity contribution is 0.410. The van der Waals surface area contributed by atoms with Gasteiger partial charge in [0.2, 0.25) is 0 Å². The molecule has 0 bridgehead atoms. The smallest absolute Gasteiger partial charge is 0.119 e. The Bertz CT molecular complexity index is 531. The molecule has 0 aromatic heterocycles. The Hall–Kier alpha value is -2.00. The highest BCUT2D eigenvalue weighted by molar-refractivity contribution is 5.32. The molecule has 1 unspecified atom stereocenters. The fourth-order valence-electron chi connectivity index (χ4n) is 2.39.